The highest BCUT2D eigenvalue weighted by Gasteiger charge is 2.18. The van der Waals surface area contributed by atoms with Crippen LogP contribution >= 0.6 is 0 Å². The van der Waals surface area contributed by atoms with Gasteiger partial charge in [0.25, 0.3) is 0 Å². The number of carbonyl (C=O) groups excluding carboxylic acids is 1. The molecule has 2 aromatic rings. The van der Waals surface area contributed by atoms with E-state index in [1.54, 1.807) is 36.1 Å². The molecule has 2 rings (SSSR count). The molecule has 7 nitrogen and oxygen atoms in total. The van der Waals surface area contributed by atoms with Crippen LogP contribution in [-0.4, -0.2) is 54.4 Å². The van der Waals surface area contributed by atoms with Crippen molar-refractivity contribution in [3.63, 3.8) is 0 Å². The quantitative estimate of drug-likeness (QED) is 0.278. The first kappa shape index (κ1) is 30.0. The number of carboxylic acids is 1. The molecule has 2 N–H and O–H groups in total. The van der Waals surface area contributed by atoms with E-state index in [2.05, 4.69) is 19.2 Å². The Morgan fingerprint density at radius 2 is 1.78 bits per heavy atom. The second-order valence-electron chi connectivity index (χ2n) is 9.06. The molecule has 0 bridgehead atoms. The van der Waals surface area contributed by atoms with Gasteiger partial charge in [-0.05, 0) is 55.5 Å². The number of rotatable bonds is 16. The fraction of sp³-hybridized carbons (Fsp3) is 0.500. The van der Waals surface area contributed by atoms with Gasteiger partial charge in [-0.1, -0.05) is 38.8 Å². The number of halogens is 2. The van der Waals surface area contributed by atoms with E-state index in [9.17, 15) is 23.5 Å². The van der Waals surface area contributed by atoms with Gasteiger partial charge < -0.3 is 24.8 Å². The minimum atomic E-state index is -1.01. The van der Waals surface area contributed by atoms with Crippen molar-refractivity contribution in [3.8, 4) is 5.75 Å². The Morgan fingerprint density at radius 1 is 1.05 bits per heavy atom. The number of urea groups is 1. The van der Waals surface area contributed by atoms with Gasteiger partial charge in [-0.15, -0.1) is 0 Å². The summed E-state index contributed by atoms with van der Waals surface area (Å²) in [7, 11) is 0. The molecule has 9 heteroatoms. The van der Waals surface area contributed by atoms with Crippen molar-refractivity contribution in [2.45, 2.75) is 59.0 Å². The maximum absolute atomic E-state index is 14.1. The number of nitrogens with one attached hydrogen (secondary N) is 1. The second kappa shape index (κ2) is 15.8. The van der Waals surface area contributed by atoms with Crippen molar-refractivity contribution in [2.24, 2.45) is 5.92 Å². The average molecular weight is 521 g/mol. The lowest BCUT2D eigenvalue weighted by Gasteiger charge is -2.24. The molecule has 0 radical (unpaired) electrons. The molecule has 0 fully saturated rings. The molecule has 2 atom stereocenters. The van der Waals surface area contributed by atoms with Gasteiger partial charge in [-0.3, -0.25) is 0 Å². The molecule has 2 amide bonds. The zero-order valence-corrected chi connectivity index (χ0v) is 21.8. The number of carboxylic acid groups (broad SMARTS) is 1. The van der Waals surface area contributed by atoms with E-state index in [0.29, 0.717) is 24.8 Å². The molecule has 0 saturated heterocycles. The summed E-state index contributed by atoms with van der Waals surface area (Å²) in [4.78, 5) is 25.7. The van der Waals surface area contributed by atoms with Crippen LogP contribution in [0, 0.1) is 17.6 Å². The van der Waals surface area contributed by atoms with Crippen LogP contribution in [0.25, 0.3) is 0 Å². The Morgan fingerprint density at radius 3 is 2.41 bits per heavy atom. The number of aliphatic carboxylic acids is 1. The summed E-state index contributed by atoms with van der Waals surface area (Å²) in [6, 6.07) is 9.57. The number of hydrogen-bond acceptors (Lipinski definition) is 4. The van der Waals surface area contributed by atoms with Crippen molar-refractivity contribution in [3.05, 3.63) is 59.7 Å². The summed E-state index contributed by atoms with van der Waals surface area (Å²) in [6.07, 6.45) is 3.31. The van der Waals surface area contributed by atoms with Gasteiger partial charge in [-0.2, -0.15) is 0 Å². The SMILES string of the molecule is CCCC(C)CCCN(CCOc1ccc(CC(OCC)C(=O)O)cc1)C(=O)Nc1ccc(F)cc1F. The van der Waals surface area contributed by atoms with E-state index < -0.39 is 29.7 Å². The Hall–Kier alpha value is -3.20. The van der Waals surface area contributed by atoms with Gasteiger partial charge in [0.2, 0.25) is 0 Å². The van der Waals surface area contributed by atoms with Crippen molar-refractivity contribution in [2.75, 3.05) is 31.6 Å². The van der Waals surface area contributed by atoms with E-state index in [4.69, 9.17) is 9.47 Å². The number of nitrogens with zero attached hydrogens (tertiary/aromatic N) is 1. The molecule has 204 valence electrons. The van der Waals surface area contributed by atoms with E-state index in [-0.39, 0.29) is 25.3 Å². The number of benzene rings is 2. The molecule has 2 unspecified atom stereocenters. The third-order valence-electron chi connectivity index (χ3n) is 5.98. The van der Waals surface area contributed by atoms with E-state index in [1.807, 2.05) is 0 Å². The molecule has 0 aliphatic heterocycles. The molecule has 0 aliphatic carbocycles. The highest BCUT2D eigenvalue weighted by Crippen LogP contribution is 2.18. The predicted molar refractivity (Wildman–Crippen MR) is 139 cm³/mol. The summed E-state index contributed by atoms with van der Waals surface area (Å²) >= 11 is 0. The third-order valence-corrected chi connectivity index (χ3v) is 5.98. The minimum absolute atomic E-state index is 0.0843. The van der Waals surface area contributed by atoms with Crippen molar-refractivity contribution in [1.82, 2.24) is 4.90 Å². The van der Waals surface area contributed by atoms with E-state index in [1.165, 1.54) is 6.07 Å². The smallest absolute Gasteiger partial charge is 0.333 e. The van der Waals surface area contributed by atoms with E-state index >= 15 is 0 Å². The fourth-order valence-electron chi connectivity index (χ4n) is 4.00. The standard InChI is InChI=1S/C28H38F2N2O5/c1-4-7-20(3)8-6-15-32(28(35)31-25-14-11-22(29)19-24(25)30)16-17-37-23-12-9-21(10-13-23)18-26(27(33)34)36-5-2/h9-14,19-20,26H,4-8,15-18H2,1-3H3,(H,31,35)(H,33,34). The maximum atomic E-state index is 14.1. The van der Waals surface area contributed by atoms with Crippen molar-refractivity contribution in [1.29, 1.82) is 0 Å². The molecule has 0 spiro atoms. The molecule has 0 aliphatic rings. The lowest BCUT2D eigenvalue weighted by Crippen LogP contribution is -2.39. The Labute approximate surface area is 217 Å². The Bertz CT molecular complexity index is 987. The maximum Gasteiger partial charge on any atom is 0.333 e. The minimum Gasteiger partial charge on any atom is -0.492 e. The Balaban J connectivity index is 1.96. The lowest BCUT2D eigenvalue weighted by atomic mass is 10.0. The number of ether oxygens (including phenoxy) is 2. The van der Waals surface area contributed by atoms with Crippen LogP contribution < -0.4 is 10.1 Å². The van der Waals surface area contributed by atoms with Crippen LogP contribution in [0.5, 0.6) is 5.75 Å². The topological polar surface area (TPSA) is 88.1 Å². The summed E-state index contributed by atoms with van der Waals surface area (Å²) in [6.45, 7) is 7.33. The molecule has 0 heterocycles. The van der Waals surface area contributed by atoms with Crippen LogP contribution in [0.2, 0.25) is 0 Å². The fourth-order valence-corrected chi connectivity index (χ4v) is 4.00. The van der Waals surface area contributed by atoms with Crippen LogP contribution in [0.4, 0.5) is 19.3 Å². The molecule has 37 heavy (non-hydrogen) atoms. The van der Waals surface area contributed by atoms with Crippen LogP contribution in [0.1, 0.15) is 52.0 Å². The van der Waals surface area contributed by atoms with Gasteiger partial charge in [-0.25, -0.2) is 18.4 Å². The molecular weight excluding hydrogens is 482 g/mol. The zero-order valence-electron chi connectivity index (χ0n) is 21.8. The van der Waals surface area contributed by atoms with Gasteiger partial charge in [0.15, 0.2) is 6.10 Å². The van der Waals surface area contributed by atoms with Crippen molar-refractivity contribution >= 4 is 17.7 Å². The first-order valence-electron chi connectivity index (χ1n) is 12.8. The highest BCUT2D eigenvalue weighted by molar-refractivity contribution is 5.89. The number of carbonyl (C=O) groups is 2. The van der Waals surface area contributed by atoms with Crippen LogP contribution in [0.3, 0.4) is 0 Å². The monoisotopic (exact) mass is 520 g/mol. The van der Waals surface area contributed by atoms with Crippen LogP contribution in [0.15, 0.2) is 42.5 Å². The second-order valence-corrected chi connectivity index (χ2v) is 9.06. The third kappa shape index (κ3) is 10.8. The molecular formula is C28H38F2N2O5. The summed E-state index contributed by atoms with van der Waals surface area (Å²) < 4.78 is 38.3. The molecule has 0 saturated carbocycles. The largest absolute Gasteiger partial charge is 0.492 e. The summed E-state index contributed by atoms with van der Waals surface area (Å²) in [5, 5.41) is 11.8. The van der Waals surface area contributed by atoms with Crippen LogP contribution in [-0.2, 0) is 16.0 Å². The number of amides is 2. The average Bonchev–Trinajstić information content (AvgIpc) is 2.85. The van der Waals surface area contributed by atoms with Gasteiger partial charge in [0, 0.05) is 25.6 Å². The van der Waals surface area contributed by atoms with Gasteiger partial charge in [0.1, 0.15) is 24.0 Å². The van der Waals surface area contributed by atoms with Gasteiger partial charge >= 0.3 is 12.0 Å². The van der Waals surface area contributed by atoms with Gasteiger partial charge in [0.05, 0.1) is 12.2 Å². The van der Waals surface area contributed by atoms with E-state index in [0.717, 1.165) is 43.4 Å². The normalized spacial score (nSPS) is 12.6. The Kier molecular flexibility index (Phi) is 12.8. The first-order chi connectivity index (χ1) is 17.7. The number of anilines is 1. The zero-order chi connectivity index (χ0) is 27.2. The van der Waals surface area contributed by atoms with Crippen molar-refractivity contribution < 1.29 is 33.0 Å². The summed E-state index contributed by atoms with van der Waals surface area (Å²) in [5.41, 5.74) is 0.718. The molecule has 2 aromatic carbocycles. The summed E-state index contributed by atoms with van der Waals surface area (Å²) in [5.74, 6) is -1.44. The number of hydrogen-bond donors (Lipinski definition) is 2. The lowest BCUT2D eigenvalue weighted by molar-refractivity contribution is -0.149. The predicted octanol–water partition coefficient (Wildman–Crippen LogP) is 6.13. The first-order valence-corrected chi connectivity index (χ1v) is 12.8. The molecule has 0 aromatic heterocycles. The highest BCUT2D eigenvalue weighted by atomic mass is 19.1.